The summed E-state index contributed by atoms with van der Waals surface area (Å²) in [5.74, 6) is 0.979. The van der Waals surface area contributed by atoms with Crippen LogP contribution in [0, 0.1) is 25.7 Å². The number of piperidine rings is 2. The second-order valence-corrected chi connectivity index (χ2v) is 11.3. The molecule has 4 rings (SSSR count). The third-order valence-corrected chi connectivity index (χ3v) is 8.89. The van der Waals surface area contributed by atoms with Crippen LogP contribution >= 0.6 is 0 Å². The molecule has 2 fully saturated rings. The minimum Gasteiger partial charge on any atom is -0.355 e. The molecule has 0 bridgehead atoms. The van der Waals surface area contributed by atoms with Crippen molar-refractivity contribution in [3.8, 4) is 0 Å². The molecule has 1 aromatic carbocycles. The van der Waals surface area contributed by atoms with Crippen LogP contribution < -0.4 is 0 Å². The predicted molar refractivity (Wildman–Crippen MR) is 128 cm³/mol. The molecule has 1 amide bonds. The van der Waals surface area contributed by atoms with Crippen LogP contribution in [0.15, 0.2) is 33.7 Å². The predicted octanol–water partition coefficient (Wildman–Crippen LogP) is 4.12. The van der Waals surface area contributed by atoms with Gasteiger partial charge in [0.05, 0.1) is 0 Å². The van der Waals surface area contributed by atoms with Crippen LogP contribution in [-0.2, 0) is 14.8 Å². The zero-order chi connectivity index (χ0) is 23.6. The largest absolute Gasteiger partial charge is 0.355 e. The van der Waals surface area contributed by atoms with Gasteiger partial charge in [0, 0.05) is 32.1 Å². The van der Waals surface area contributed by atoms with E-state index in [-0.39, 0.29) is 22.5 Å². The maximum atomic E-state index is 13.5. The highest BCUT2D eigenvalue weighted by Crippen LogP contribution is 2.30. The Hall–Kier alpha value is -2.45. The van der Waals surface area contributed by atoms with Gasteiger partial charge >= 0.3 is 0 Å². The second kappa shape index (κ2) is 9.81. The number of hydrogen-bond donors (Lipinski definition) is 0. The molecule has 2 saturated heterocycles. The van der Waals surface area contributed by atoms with E-state index in [0.717, 1.165) is 37.1 Å². The first-order valence-corrected chi connectivity index (χ1v) is 13.2. The molecule has 0 spiro atoms. The highest BCUT2D eigenvalue weighted by atomic mass is 32.2. The summed E-state index contributed by atoms with van der Waals surface area (Å²) in [4.78, 5) is 15.0. The van der Waals surface area contributed by atoms with E-state index < -0.39 is 10.0 Å². The highest BCUT2D eigenvalue weighted by Gasteiger charge is 2.37. The lowest BCUT2D eigenvalue weighted by atomic mass is 9.93. The van der Waals surface area contributed by atoms with Gasteiger partial charge in [-0.25, -0.2) is 8.42 Å². The molecule has 3 heterocycles. The summed E-state index contributed by atoms with van der Waals surface area (Å²) < 4.78 is 33.7. The number of benzene rings is 1. The number of nitrogens with zero attached hydrogens (tertiary/aromatic N) is 3. The number of aromatic nitrogens is 1. The fourth-order valence-electron chi connectivity index (χ4n) is 4.61. The van der Waals surface area contributed by atoms with E-state index >= 15 is 0 Å². The first-order valence-electron chi connectivity index (χ1n) is 11.8. The number of likely N-dealkylation sites (tertiary alicyclic amines) is 1. The summed E-state index contributed by atoms with van der Waals surface area (Å²) in [5, 5.41) is 3.92. The molecule has 0 unspecified atom stereocenters. The first kappa shape index (κ1) is 23.7. The molecular weight excluding hydrogens is 438 g/mol. The molecule has 0 atom stereocenters. The van der Waals surface area contributed by atoms with Crippen molar-refractivity contribution in [2.24, 2.45) is 11.8 Å². The third kappa shape index (κ3) is 5.22. The number of carbonyl (C=O) groups is 1. The van der Waals surface area contributed by atoms with Gasteiger partial charge in [0.2, 0.25) is 15.9 Å². The summed E-state index contributed by atoms with van der Waals surface area (Å²) >= 11 is 0. The topological polar surface area (TPSA) is 83.7 Å². The van der Waals surface area contributed by atoms with Gasteiger partial charge in [-0.1, -0.05) is 48.0 Å². The normalized spacial score (nSPS) is 19.4. The molecule has 178 valence electrons. The van der Waals surface area contributed by atoms with Crippen molar-refractivity contribution in [1.29, 1.82) is 0 Å². The first-order chi connectivity index (χ1) is 15.8. The molecular formula is C25H33N3O4S. The minimum atomic E-state index is -3.77. The Morgan fingerprint density at radius 3 is 2.27 bits per heavy atom. The molecule has 0 saturated carbocycles. The lowest BCUT2D eigenvalue weighted by Crippen LogP contribution is -2.46. The quantitative estimate of drug-likeness (QED) is 0.655. The number of hydrogen-bond acceptors (Lipinski definition) is 5. The van der Waals surface area contributed by atoms with E-state index in [1.807, 2.05) is 42.2 Å². The Kier molecular flexibility index (Phi) is 7.05. The van der Waals surface area contributed by atoms with Crippen molar-refractivity contribution < 1.29 is 17.7 Å². The summed E-state index contributed by atoms with van der Waals surface area (Å²) in [5.41, 5.74) is 2.45. The van der Waals surface area contributed by atoms with Crippen molar-refractivity contribution in [3.63, 3.8) is 0 Å². The van der Waals surface area contributed by atoms with E-state index in [2.05, 4.69) is 12.1 Å². The van der Waals surface area contributed by atoms with Crippen molar-refractivity contribution >= 4 is 28.1 Å². The van der Waals surface area contributed by atoms with E-state index in [4.69, 9.17) is 4.52 Å². The fourth-order valence-corrected chi connectivity index (χ4v) is 6.33. The van der Waals surface area contributed by atoms with E-state index in [0.29, 0.717) is 37.5 Å². The van der Waals surface area contributed by atoms with Crippen LogP contribution in [0.5, 0.6) is 0 Å². The van der Waals surface area contributed by atoms with Gasteiger partial charge in [0.15, 0.2) is 10.7 Å². The summed E-state index contributed by atoms with van der Waals surface area (Å²) in [6.45, 7) is 8.17. The SMILES string of the molecule is Cc1ccc(C=Cc2onc(C)c2S(=O)(=O)N2CCC(C(=O)N3CCC(C)CC3)CC2)cc1. The molecule has 2 aliphatic heterocycles. The lowest BCUT2D eigenvalue weighted by molar-refractivity contribution is -0.138. The average Bonchev–Trinajstić information content (AvgIpc) is 3.20. The van der Waals surface area contributed by atoms with Gasteiger partial charge in [-0.05, 0) is 57.1 Å². The minimum absolute atomic E-state index is 0.102. The van der Waals surface area contributed by atoms with E-state index in [1.54, 1.807) is 13.0 Å². The maximum Gasteiger partial charge on any atom is 0.248 e. The lowest BCUT2D eigenvalue weighted by Gasteiger charge is -2.36. The number of amides is 1. The van der Waals surface area contributed by atoms with Gasteiger partial charge in [-0.3, -0.25) is 4.79 Å². The number of rotatable bonds is 5. The molecule has 2 aromatic rings. The van der Waals surface area contributed by atoms with Gasteiger partial charge in [-0.2, -0.15) is 4.31 Å². The maximum absolute atomic E-state index is 13.5. The zero-order valence-electron chi connectivity index (χ0n) is 19.7. The van der Waals surface area contributed by atoms with Gasteiger partial charge in [-0.15, -0.1) is 0 Å². The van der Waals surface area contributed by atoms with Crippen LogP contribution in [0.4, 0.5) is 0 Å². The standard InChI is InChI=1S/C25H33N3O4S/c1-18-4-6-21(7-5-18)8-9-23-24(20(3)26-32-23)33(30,31)28-16-12-22(13-17-28)25(29)27-14-10-19(2)11-15-27/h4-9,19,22H,10-17H2,1-3H3. The third-order valence-electron chi connectivity index (χ3n) is 6.83. The Balaban J connectivity index is 1.44. The average molecular weight is 472 g/mol. The summed E-state index contributed by atoms with van der Waals surface area (Å²) in [7, 11) is -3.77. The van der Waals surface area contributed by atoms with Gasteiger partial charge < -0.3 is 9.42 Å². The smallest absolute Gasteiger partial charge is 0.248 e. The van der Waals surface area contributed by atoms with E-state index in [9.17, 15) is 13.2 Å². The fraction of sp³-hybridized carbons (Fsp3) is 0.520. The molecule has 0 aliphatic carbocycles. The monoisotopic (exact) mass is 471 g/mol. The Morgan fingerprint density at radius 1 is 1.00 bits per heavy atom. The molecule has 0 radical (unpaired) electrons. The molecule has 33 heavy (non-hydrogen) atoms. The summed E-state index contributed by atoms with van der Waals surface area (Å²) in [6.07, 6.45) is 6.66. The zero-order valence-corrected chi connectivity index (χ0v) is 20.5. The Labute approximate surface area is 196 Å². The molecule has 7 nitrogen and oxygen atoms in total. The van der Waals surface area contributed by atoms with Crippen LogP contribution in [0.3, 0.4) is 0 Å². The van der Waals surface area contributed by atoms with Crippen LogP contribution in [0.2, 0.25) is 0 Å². The number of carbonyl (C=O) groups excluding carboxylic acids is 1. The van der Waals surface area contributed by atoms with Crippen LogP contribution in [0.25, 0.3) is 12.2 Å². The number of aryl methyl sites for hydroxylation is 2. The van der Waals surface area contributed by atoms with Crippen LogP contribution in [0.1, 0.15) is 55.2 Å². The molecule has 0 N–H and O–H groups in total. The molecule has 8 heteroatoms. The van der Waals surface area contributed by atoms with Crippen molar-refractivity contribution in [2.75, 3.05) is 26.2 Å². The van der Waals surface area contributed by atoms with Crippen molar-refractivity contribution in [3.05, 3.63) is 46.8 Å². The van der Waals surface area contributed by atoms with E-state index in [1.165, 1.54) is 4.31 Å². The summed E-state index contributed by atoms with van der Waals surface area (Å²) in [6, 6.07) is 7.93. The van der Waals surface area contributed by atoms with Crippen molar-refractivity contribution in [2.45, 2.75) is 51.3 Å². The Morgan fingerprint density at radius 2 is 1.64 bits per heavy atom. The number of sulfonamides is 1. The van der Waals surface area contributed by atoms with Gasteiger partial charge in [0.25, 0.3) is 0 Å². The van der Waals surface area contributed by atoms with Crippen LogP contribution in [-0.4, -0.2) is 54.9 Å². The Bertz CT molecular complexity index is 1110. The van der Waals surface area contributed by atoms with Gasteiger partial charge in [0.1, 0.15) is 5.69 Å². The highest BCUT2D eigenvalue weighted by molar-refractivity contribution is 7.89. The molecule has 2 aliphatic rings. The second-order valence-electron chi connectivity index (χ2n) is 9.39. The van der Waals surface area contributed by atoms with Crippen molar-refractivity contribution in [1.82, 2.24) is 14.4 Å². The molecule has 1 aromatic heterocycles.